The number of para-hydroxylation sites is 1. The number of aromatic nitrogens is 2. The van der Waals surface area contributed by atoms with Gasteiger partial charge in [-0.05, 0) is 12.1 Å². The van der Waals surface area contributed by atoms with Gasteiger partial charge in [0.1, 0.15) is 0 Å². The van der Waals surface area contributed by atoms with E-state index in [1.165, 1.54) is 0 Å². The van der Waals surface area contributed by atoms with Crippen LogP contribution in [0.15, 0.2) is 66.2 Å². The molecule has 0 saturated carbocycles. The summed E-state index contributed by atoms with van der Waals surface area (Å²) in [6.07, 6.45) is 3.93. The third-order valence-electron chi connectivity index (χ3n) is 4.34. The van der Waals surface area contributed by atoms with Gasteiger partial charge in [0.15, 0.2) is 4.96 Å². The minimum Gasteiger partial charge on any atom is -0.321 e. The second-order valence-electron chi connectivity index (χ2n) is 5.82. The molecule has 0 aliphatic carbocycles. The Morgan fingerprint density at radius 1 is 1.04 bits per heavy atom. The van der Waals surface area contributed by atoms with Crippen molar-refractivity contribution in [3.05, 3.63) is 77.4 Å². The summed E-state index contributed by atoms with van der Waals surface area (Å²) in [6, 6.07) is 17.8. The summed E-state index contributed by atoms with van der Waals surface area (Å²) in [6.45, 7) is 0. The number of imidazole rings is 1. The van der Waals surface area contributed by atoms with Crippen LogP contribution in [0.4, 0.5) is 5.69 Å². The fourth-order valence-electron chi connectivity index (χ4n) is 3.17. The van der Waals surface area contributed by atoms with Crippen LogP contribution < -0.4 is 5.32 Å². The highest BCUT2D eigenvalue weighted by Gasteiger charge is 2.25. The normalized spacial score (nSPS) is 14.9. The van der Waals surface area contributed by atoms with Gasteiger partial charge >= 0.3 is 0 Å². The van der Waals surface area contributed by atoms with Crippen LogP contribution in [0.2, 0.25) is 0 Å². The number of benzene rings is 2. The van der Waals surface area contributed by atoms with Crippen molar-refractivity contribution in [2.24, 2.45) is 0 Å². The summed E-state index contributed by atoms with van der Waals surface area (Å²) in [4.78, 5) is 18.2. The molecule has 0 saturated heterocycles. The van der Waals surface area contributed by atoms with Gasteiger partial charge in [0.25, 0.3) is 5.91 Å². The summed E-state index contributed by atoms with van der Waals surface area (Å²) < 4.78 is 2.04. The van der Waals surface area contributed by atoms with E-state index in [0.29, 0.717) is 5.57 Å². The highest BCUT2D eigenvalue weighted by molar-refractivity contribution is 7.15. The van der Waals surface area contributed by atoms with E-state index in [0.717, 1.165) is 33.2 Å². The van der Waals surface area contributed by atoms with Crippen molar-refractivity contribution in [3.63, 3.8) is 0 Å². The van der Waals surface area contributed by atoms with E-state index in [-0.39, 0.29) is 5.91 Å². The smallest absolute Gasteiger partial charge is 0.256 e. The van der Waals surface area contributed by atoms with Crippen LogP contribution in [0.25, 0.3) is 27.9 Å². The third kappa shape index (κ3) is 2.21. The lowest BCUT2D eigenvalue weighted by molar-refractivity contribution is -0.110. The second-order valence-corrected chi connectivity index (χ2v) is 6.70. The van der Waals surface area contributed by atoms with Crippen molar-refractivity contribution in [1.29, 1.82) is 0 Å². The zero-order chi connectivity index (χ0) is 16.8. The minimum atomic E-state index is -0.0783. The molecule has 5 rings (SSSR count). The molecule has 2 aromatic carbocycles. The summed E-state index contributed by atoms with van der Waals surface area (Å²) in [5, 5.41) is 4.93. The van der Waals surface area contributed by atoms with Crippen molar-refractivity contribution < 1.29 is 4.79 Å². The van der Waals surface area contributed by atoms with Gasteiger partial charge in [-0.15, -0.1) is 11.3 Å². The number of carbonyl (C=O) groups is 1. The van der Waals surface area contributed by atoms with Crippen molar-refractivity contribution >= 4 is 39.5 Å². The van der Waals surface area contributed by atoms with E-state index in [1.54, 1.807) is 11.3 Å². The monoisotopic (exact) mass is 343 g/mol. The zero-order valence-corrected chi connectivity index (χ0v) is 14.0. The number of amides is 1. The Labute approximate surface area is 148 Å². The number of thiazole rings is 1. The average molecular weight is 343 g/mol. The van der Waals surface area contributed by atoms with Crippen LogP contribution in [-0.2, 0) is 4.79 Å². The van der Waals surface area contributed by atoms with Crippen LogP contribution >= 0.6 is 11.3 Å². The minimum absolute atomic E-state index is 0.0783. The largest absolute Gasteiger partial charge is 0.321 e. The SMILES string of the molecule is O=C1Nc2ccccc2/C1=C\c1c(-c2ccccc2)nc2sccn12. The molecule has 2 aromatic heterocycles. The van der Waals surface area contributed by atoms with Gasteiger partial charge in [0.2, 0.25) is 0 Å². The summed E-state index contributed by atoms with van der Waals surface area (Å²) in [7, 11) is 0. The first kappa shape index (κ1) is 14.2. The zero-order valence-electron chi connectivity index (χ0n) is 13.1. The number of hydrogen-bond donors (Lipinski definition) is 1. The van der Waals surface area contributed by atoms with Crippen molar-refractivity contribution in [3.8, 4) is 11.3 Å². The number of anilines is 1. The summed E-state index contributed by atoms with van der Waals surface area (Å²) >= 11 is 1.58. The Morgan fingerprint density at radius 2 is 1.84 bits per heavy atom. The van der Waals surface area contributed by atoms with Gasteiger partial charge in [0, 0.05) is 28.4 Å². The van der Waals surface area contributed by atoms with Gasteiger partial charge in [-0.1, -0.05) is 48.5 Å². The molecule has 1 aliphatic heterocycles. The predicted octanol–water partition coefficient (Wildman–Crippen LogP) is 4.56. The van der Waals surface area contributed by atoms with Gasteiger partial charge in [-0.2, -0.15) is 0 Å². The number of nitrogens with zero attached hydrogens (tertiary/aromatic N) is 2. The van der Waals surface area contributed by atoms with Crippen LogP contribution in [0.5, 0.6) is 0 Å². The molecule has 0 unspecified atom stereocenters. The maximum atomic E-state index is 12.5. The maximum absolute atomic E-state index is 12.5. The van der Waals surface area contributed by atoms with Crippen LogP contribution in [-0.4, -0.2) is 15.3 Å². The van der Waals surface area contributed by atoms with Crippen LogP contribution in [0.3, 0.4) is 0 Å². The van der Waals surface area contributed by atoms with Gasteiger partial charge in [0.05, 0.1) is 17.0 Å². The van der Waals surface area contributed by atoms with Crippen molar-refractivity contribution in [2.45, 2.75) is 0 Å². The molecule has 25 heavy (non-hydrogen) atoms. The summed E-state index contributed by atoms with van der Waals surface area (Å²) in [5.74, 6) is -0.0783. The van der Waals surface area contributed by atoms with Gasteiger partial charge < -0.3 is 5.32 Å². The molecule has 5 heteroatoms. The molecule has 120 valence electrons. The van der Waals surface area contributed by atoms with E-state index < -0.39 is 0 Å². The van der Waals surface area contributed by atoms with E-state index >= 15 is 0 Å². The fraction of sp³-hybridized carbons (Fsp3) is 0. The lowest BCUT2D eigenvalue weighted by atomic mass is 10.0. The lowest BCUT2D eigenvalue weighted by Crippen LogP contribution is -2.03. The van der Waals surface area contributed by atoms with Crippen LogP contribution in [0, 0.1) is 0 Å². The standard InChI is InChI=1S/C20H13N3OS/c24-19-15(14-8-4-5-9-16(14)21-19)12-17-18(13-6-2-1-3-7-13)22-20-23(17)10-11-25-20/h1-12H,(H,21,24)/b15-12+. The van der Waals surface area contributed by atoms with E-state index in [2.05, 4.69) is 5.32 Å². The fourth-order valence-corrected chi connectivity index (χ4v) is 3.89. The second kappa shape index (κ2) is 5.43. The Balaban J connectivity index is 1.76. The quantitative estimate of drug-likeness (QED) is 0.543. The molecule has 1 N–H and O–H groups in total. The Morgan fingerprint density at radius 3 is 2.72 bits per heavy atom. The molecular formula is C20H13N3OS. The highest BCUT2D eigenvalue weighted by atomic mass is 32.1. The van der Waals surface area contributed by atoms with Gasteiger partial charge in [-0.25, -0.2) is 4.98 Å². The molecule has 0 bridgehead atoms. The highest BCUT2D eigenvalue weighted by Crippen LogP contribution is 2.35. The van der Waals surface area contributed by atoms with E-state index in [1.807, 2.05) is 76.7 Å². The number of carbonyl (C=O) groups excluding carboxylic acids is 1. The first-order chi connectivity index (χ1) is 12.3. The Hall–Kier alpha value is -3.18. The molecule has 0 atom stereocenters. The Kier molecular flexibility index (Phi) is 3.08. The molecular weight excluding hydrogens is 330 g/mol. The molecule has 3 heterocycles. The molecule has 0 radical (unpaired) electrons. The molecule has 1 amide bonds. The first-order valence-electron chi connectivity index (χ1n) is 7.95. The number of hydrogen-bond acceptors (Lipinski definition) is 3. The van der Waals surface area contributed by atoms with Crippen molar-refractivity contribution in [1.82, 2.24) is 9.38 Å². The first-order valence-corrected chi connectivity index (χ1v) is 8.82. The topological polar surface area (TPSA) is 46.4 Å². The van der Waals surface area contributed by atoms with Crippen molar-refractivity contribution in [2.75, 3.05) is 5.32 Å². The molecule has 0 spiro atoms. The molecule has 4 aromatic rings. The lowest BCUT2D eigenvalue weighted by Gasteiger charge is -2.02. The number of nitrogens with one attached hydrogen (secondary N) is 1. The predicted molar refractivity (Wildman–Crippen MR) is 101 cm³/mol. The average Bonchev–Trinajstić information content (AvgIpc) is 3.31. The summed E-state index contributed by atoms with van der Waals surface area (Å²) in [5.41, 5.74) is 5.29. The van der Waals surface area contributed by atoms with E-state index in [4.69, 9.17) is 4.98 Å². The van der Waals surface area contributed by atoms with E-state index in [9.17, 15) is 4.79 Å². The maximum Gasteiger partial charge on any atom is 0.256 e. The van der Waals surface area contributed by atoms with Gasteiger partial charge in [-0.3, -0.25) is 9.20 Å². The Bertz CT molecular complexity index is 1140. The molecule has 1 aliphatic rings. The number of fused-ring (bicyclic) bond motifs is 2. The third-order valence-corrected chi connectivity index (χ3v) is 5.09. The van der Waals surface area contributed by atoms with Crippen LogP contribution in [0.1, 0.15) is 11.3 Å². The number of rotatable bonds is 2. The molecule has 0 fully saturated rings. The molecule has 4 nitrogen and oxygen atoms in total.